The fourth-order valence-corrected chi connectivity index (χ4v) is 2.04. The fourth-order valence-electron chi connectivity index (χ4n) is 2.04. The predicted molar refractivity (Wildman–Crippen MR) is 68.8 cm³/mol. The Morgan fingerprint density at radius 3 is 1.95 bits per heavy atom. The van der Waals surface area contributed by atoms with Crippen LogP contribution in [0.3, 0.4) is 0 Å². The summed E-state index contributed by atoms with van der Waals surface area (Å²) in [6.07, 6.45) is 3.25. The summed E-state index contributed by atoms with van der Waals surface area (Å²) in [5.74, 6) is -2.46. The highest BCUT2D eigenvalue weighted by molar-refractivity contribution is 6.01. The van der Waals surface area contributed by atoms with Gasteiger partial charge in [0.05, 0.1) is 23.5 Å². The molecule has 1 aromatic rings. The molecule has 1 aromatic carbocycles. The molecule has 2 N–H and O–H groups in total. The highest BCUT2D eigenvalue weighted by atomic mass is 16.4. The van der Waals surface area contributed by atoms with Crippen molar-refractivity contribution in [2.24, 2.45) is 4.99 Å². The van der Waals surface area contributed by atoms with Gasteiger partial charge in [0.15, 0.2) is 0 Å². The molecule has 2 aliphatic rings. The predicted octanol–water partition coefficient (Wildman–Crippen LogP) is 1.19. The van der Waals surface area contributed by atoms with Crippen molar-refractivity contribution in [1.82, 2.24) is 4.90 Å². The first-order chi connectivity index (χ1) is 9.08. The van der Waals surface area contributed by atoms with Crippen molar-refractivity contribution in [3.63, 3.8) is 0 Å². The molecule has 2 aliphatic heterocycles. The first-order valence-corrected chi connectivity index (χ1v) is 5.91. The summed E-state index contributed by atoms with van der Waals surface area (Å²) in [5.41, 5.74) is -0.380. The molecule has 6 heteroatoms. The number of hydrogen-bond donors (Lipinski definition) is 2. The zero-order chi connectivity index (χ0) is 13.8. The smallest absolute Gasteiger partial charge is 0.336 e. The van der Waals surface area contributed by atoms with Crippen LogP contribution in [0.1, 0.15) is 27.1 Å². The van der Waals surface area contributed by atoms with Gasteiger partial charge in [-0.15, -0.1) is 0 Å². The SMILES string of the molecule is C1=NC2CCN1C2.O=C(O)c1ccccc1C(=O)O. The largest absolute Gasteiger partial charge is 0.478 e. The van der Waals surface area contributed by atoms with Crippen molar-refractivity contribution in [2.75, 3.05) is 13.1 Å². The van der Waals surface area contributed by atoms with Crippen LogP contribution >= 0.6 is 0 Å². The molecule has 1 fully saturated rings. The van der Waals surface area contributed by atoms with E-state index in [4.69, 9.17) is 10.2 Å². The number of hydrogen-bond acceptors (Lipinski definition) is 4. The van der Waals surface area contributed by atoms with E-state index in [2.05, 4.69) is 9.89 Å². The first kappa shape index (κ1) is 13.1. The van der Waals surface area contributed by atoms with E-state index in [1.54, 1.807) is 0 Å². The number of rotatable bonds is 2. The molecule has 1 saturated heterocycles. The van der Waals surface area contributed by atoms with Crippen LogP contribution in [-0.4, -0.2) is 52.5 Å². The van der Waals surface area contributed by atoms with E-state index in [0.29, 0.717) is 6.04 Å². The molecule has 0 aliphatic carbocycles. The summed E-state index contributed by atoms with van der Waals surface area (Å²) >= 11 is 0. The maximum absolute atomic E-state index is 10.5. The van der Waals surface area contributed by atoms with Gasteiger partial charge in [-0.25, -0.2) is 9.59 Å². The van der Waals surface area contributed by atoms with Gasteiger partial charge in [-0.3, -0.25) is 4.99 Å². The molecule has 0 spiro atoms. The van der Waals surface area contributed by atoms with Crippen molar-refractivity contribution in [1.29, 1.82) is 0 Å². The van der Waals surface area contributed by atoms with Gasteiger partial charge in [0.2, 0.25) is 0 Å². The molecule has 1 atom stereocenters. The van der Waals surface area contributed by atoms with E-state index in [1.165, 1.54) is 43.8 Å². The summed E-state index contributed by atoms with van der Waals surface area (Å²) in [7, 11) is 0. The van der Waals surface area contributed by atoms with Crippen LogP contribution in [0.4, 0.5) is 0 Å². The van der Waals surface area contributed by atoms with E-state index in [-0.39, 0.29) is 11.1 Å². The second-order valence-electron chi connectivity index (χ2n) is 4.36. The van der Waals surface area contributed by atoms with Crippen LogP contribution in [0.15, 0.2) is 29.3 Å². The van der Waals surface area contributed by atoms with Gasteiger partial charge in [0.25, 0.3) is 0 Å². The summed E-state index contributed by atoms with van der Waals surface area (Å²) < 4.78 is 0. The van der Waals surface area contributed by atoms with Crippen molar-refractivity contribution < 1.29 is 19.8 Å². The topological polar surface area (TPSA) is 90.2 Å². The molecule has 100 valence electrons. The van der Waals surface area contributed by atoms with E-state index >= 15 is 0 Å². The summed E-state index contributed by atoms with van der Waals surface area (Å²) in [4.78, 5) is 27.4. The van der Waals surface area contributed by atoms with Gasteiger partial charge in [-0.05, 0) is 18.6 Å². The highest BCUT2D eigenvalue weighted by Crippen LogP contribution is 2.15. The molecule has 19 heavy (non-hydrogen) atoms. The number of aliphatic imine (C=N–C) groups is 1. The van der Waals surface area contributed by atoms with Crippen LogP contribution in [0.25, 0.3) is 0 Å². The van der Waals surface area contributed by atoms with Crippen LogP contribution in [0, 0.1) is 0 Å². The minimum Gasteiger partial charge on any atom is -0.478 e. The Labute approximate surface area is 110 Å². The third-order valence-electron chi connectivity index (χ3n) is 3.02. The minimum absolute atomic E-state index is 0.190. The van der Waals surface area contributed by atoms with Crippen LogP contribution < -0.4 is 0 Å². The first-order valence-electron chi connectivity index (χ1n) is 5.91. The quantitative estimate of drug-likeness (QED) is 0.835. The molecule has 0 saturated carbocycles. The molecule has 1 unspecified atom stereocenters. The van der Waals surface area contributed by atoms with Gasteiger partial charge < -0.3 is 15.1 Å². The third kappa shape index (κ3) is 3.09. The number of carboxylic acid groups (broad SMARTS) is 2. The Bertz CT molecular complexity index is 482. The van der Waals surface area contributed by atoms with E-state index in [9.17, 15) is 9.59 Å². The molecule has 0 radical (unpaired) electrons. The van der Waals surface area contributed by atoms with E-state index in [1.807, 2.05) is 6.34 Å². The van der Waals surface area contributed by atoms with Crippen molar-refractivity contribution in [2.45, 2.75) is 12.5 Å². The Morgan fingerprint density at radius 1 is 1.16 bits per heavy atom. The van der Waals surface area contributed by atoms with Gasteiger partial charge in [-0.1, -0.05) is 12.1 Å². The monoisotopic (exact) mass is 262 g/mol. The molecule has 6 nitrogen and oxygen atoms in total. The van der Waals surface area contributed by atoms with Crippen LogP contribution in [0.2, 0.25) is 0 Å². The Morgan fingerprint density at radius 2 is 1.74 bits per heavy atom. The highest BCUT2D eigenvalue weighted by Gasteiger charge is 2.23. The van der Waals surface area contributed by atoms with Crippen molar-refractivity contribution in [3.05, 3.63) is 35.4 Å². The second-order valence-corrected chi connectivity index (χ2v) is 4.36. The molecular weight excluding hydrogens is 248 g/mol. The summed E-state index contributed by atoms with van der Waals surface area (Å²) in [6, 6.07) is 6.14. The molecule has 3 rings (SSSR count). The second kappa shape index (κ2) is 5.51. The standard InChI is InChI=1S/C8H6O4.C5H8N2/c9-7(10)5-3-1-2-4-6(5)8(11)12;1-2-7-3-5(1)6-4-7/h1-4H,(H,9,10)(H,11,12);4-5H,1-3H2. The molecule has 0 amide bonds. The van der Waals surface area contributed by atoms with Crippen molar-refractivity contribution >= 4 is 18.3 Å². The Kier molecular flexibility index (Phi) is 3.79. The lowest BCUT2D eigenvalue weighted by Gasteiger charge is -2.03. The van der Waals surface area contributed by atoms with Crippen molar-refractivity contribution in [3.8, 4) is 0 Å². The molecular formula is C13H14N2O4. The average Bonchev–Trinajstić information content (AvgIpc) is 3.04. The fraction of sp³-hybridized carbons (Fsp3) is 0.308. The lowest BCUT2D eigenvalue weighted by molar-refractivity contribution is 0.0651. The zero-order valence-corrected chi connectivity index (χ0v) is 10.2. The lowest BCUT2D eigenvalue weighted by Crippen LogP contribution is -2.13. The van der Waals surface area contributed by atoms with Gasteiger partial charge >= 0.3 is 11.9 Å². The molecule has 0 aromatic heterocycles. The number of carboxylic acids is 2. The van der Waals surface area contributed by atoms with Gasteiger partial charge in [-0.2, -0.15) is 0 Å². The normalized spacial score (nSPS) is 18.9. The average molecular weight is 262 g/mol. The Hall–Kier alpha value is -2.37. The van der Waals surface area contributed by atoms with Crippen LogP contribution in [-0.2, 0) is 0 Å². The molecule has 2 heterocycles. The number of fused-ring (bicyclic) bond motifs is 2. The third-order valence-corrected chi connectivity index (χ3v) is 3.02. The zero-order valence-electron chi connectivity index (χ0n) is 10.2. The van der Waals surface area contributed by atoms with Crippen LogP contribution in [0.5, 0.6) is 0 Å². The minimum atomic E-state index is -1.23. The lowest BCUT2D eigenvalue weighted by atomic mass is 10.1. The number of aromatic carboxylic acids is 2. The number of benzene rings is 1. The van der Waals surface area contributed by atoms with Gasteiger partial charge in [0.1, 0.15) is 0 Å². The maximum Gasteiger partial charge on any atom is 0.336 e. The maximum atomic E-state index is 10.5. The summed E-state index contributed by atoms with van der Waals surface area (Å²) in [6.45, 7) is 2.44. The number of carbonyl (C=O) groups is 2. The Balaban J connectivity index is 0.000000159. The van der Waals surface area contributed by atoms with E-state index < -0.39 is 11.9 Å². The van der Waals surface area contributed by atoms with E-state index in [0.717, 1.165) is 0 Å². The van der Waals surface area contributed by atoms with Gasteiger partial charge in [0, 0.05) is 13.1 Å². The number of nitrogens with zero attached hydrogens (tertiary/aromatic N) is 2. The molecule has 2 bridgehead atoms. The summed E-state index contributed by atoms with van der Waals surface area (Å²) in [5, 5.41) is 17.1.